The van der Waals surface area contributed by atoms with Gasteiger partial charge in [0.2, 0.25) is 5.78 Å². The molecule has 2 aromatic heterocycles. The summed E-state index contributed by atoms with van der Waals surface area (Å²) in [6.07, 6.45) is 4.49. The summed E-state index contributed by atoms with van der Waals surface area (Å²) >= 11 is 6.08. The van der Waals surface area contributed by atoms with Crippen molar-refractivity contribution in [1.29, 1.82) is 0 Å². The van der Waals surface area contributed by atoms with E-state index in [-0.39, 0.29) is 16.5 Å². The minimum atomic E-state index is -0.269. The predicted octanol–water partition coefficient (Wildman–Crippen LogP) is 2.71. The topological polar surface area (TPSA) is 88.0 Å². The molecule has 3 rings (SSSR count). The number of aromatic nitrogens is 2. The lowest BCUT2D eigenvalue weighted by atomic mass is 10.0. The summed E-state index contributed by atoms with van der Waals surface area (Å²) in [6.45, 7) is 3.43. The lowest BCUT2D eigenvalue weighted by Crippen LogP contribution is -2.21. The van der Waals surface area contributed by atoms with E-state index < -0.39 is 0 Å². The van der Waals surface area contributed by atoms with Crippen LogP contribution in [0.4, 0.5) is 11.5 Å². The molecule has 0 radical (unpaired) electrons. The predicted molar refractivity (Wildman–Crippen MR) is 110 cm³/mol. The first kappa shape index (κ1) is 19.1. The minimum Gasteiger partial charge on any atom is -0.396 e. The maximum absolute atomic E-state index is 12.0. The summed E-state index contributed by atoms with van der Waals surface area (Å²) in [4.78, 5) is 18.8. The number of nitrogens with two attached hydrogens (primary N) is 1. The van der Waals surface area contributed by atoms with Gasteiger partial charge in [-0.1, -0.05) is 17.7 Å². The fourth-order valence-electron chi connectivity index (χ4n) is 2.79. The number of nitrogens with one attached hydrogen (secondary N) is 1. The molecule has 0 bridgehead atoms. The lowest BCUT2D eigenvalue weighted by Gasteiger charge is -2.13. The van der Waals surface area contributed by atoms with E-state index in [4.69, 9.17) is 22.3 Å². The number of ketones is 1. The molecule has 0 unspecified atom stereocenters. The average molecular weight is 387 g/mol. The summed E-state index contributed by atoms with van der Waals surface area (Å²) in [5.41, 5.74) is 8.70. The lowest BCUT2D eigenvalue weighted by molar-refractivity contribution is -0.111. The maximum Gasteiger partial charge on any atom is 0.202 e. The molecule has 1 aliphatic carbocycles. The number of hydrogen-bond donors (Lipinski definition) is 2. The number of fused-ring (bicyclic) bond motifs is 1. The highest BCUT2D eigenvalue weighted by molar-refractivity contribution is 6.49. The van der Waals surface area contributed by atoms with Crippen molar-refractivity contribution < 1.29 is 4.79 Å². The smallest absolute Gasteiger partial charge is 0.202 e. The Morgan fingerprint density at radius 3 is 2.89 bits per heavy atom. The molecule has 0 atom stereocenters. The van der Waals surface area contributed by atoms with Gasteiger partial charge in [-0.2, -0.15) is 0 Å². The molecule has 142 valence electrons. The summed E-state index contributed by atoms with van der Waals surface area (Å²) in [5.74, 6) is 0.398. The number of halogens is 1. The van der Waals surface area contributed by atoms with Crippen LogP contribution in [0.3, 0.4) is 0 Å². The molecule has 3 N–H and O–H groups in total. The van der Waals surface area contributed by atoms with Gasteiger partial charge in [-0.25, -0.2) is 9.51 Å². The van der Waals surface area contributed by atoms with Gasteiger partial charge in [0.05, 0.1) is 16.9 Å². The van der Waals surface area contributed by atoms with E-state index in [9.17, 15) is 4.79 Å². The standard InChI is InChI=1S/C19H23ClN6O/c1-12-11-13(16(21)15(20)18(12)27)23-17-14-7-4-5-10-26(14)24-19(17)22-8-6-9-25(2)3/h4-5,7,10-11H,6,8-9,21H2,1-3H3,(H,22,24)/b23-13+. The van der Waals surface area contributed by atoms with Crippen LogP contribution in [0.15, 0.2) is 51.8 Å². The number of allylic oxidation sites excluding steroid dienone is 3. The van der Waals surface area contributed by atoms with Crippen molar-refractivity contribution >= 4 is 40.1 Å². The number of carbonyl (C=O) groups is 1. The van der Waals surface area contributed by atoms with E-state index in [1.54, 1.807) is 17.5 Å². The molecule has 0 saturated heterocycles. The normalized spacial score (nSPS) is 16.6. The van der Waals surface area contributed by atoms with Crippen LogP contribution in [-0.2, 0) is 4.79 Å². The average Bonchev–Trinajstić information content (AvgIpc) is 2.99. The van der Waals surface area contributed by atoms with Crippen LogP contribution in [0.1, 0.15) is 13.3 Å². The summed E-state index contributed by atoms with van der Waals surface area (Å²) in [5, 5.41) is 7.94. The van der Waals surface area contributed by atoms with Gasteiger partial charge < -0.3 is 16.0 Å². The first-order chi connectivity index (χ1) is 12.9. The number of nitrogens with zero attached hydrogens (tertiary/aromatic N) is 4. The third-order valence-corrected chi connectivity index (χ3v) is 4.62. The van der Waals surface area contributed by atoms with Crippen molar-refractivity contribution in [3.63, 3.8) is 0 Å². The summed E-state index contributed by atoms with van der Waals surface area (Å²) in [6, 6.07) is 5.76. The second kappa shape index (κ2) is 7.94. The van der Waals surface area contributed by atoms with E-state index in [0.29, 0.717) is 22.8 Å². The molecule has 7 nitrogen and oxygen atoms in total. The molecule has 0 spiro atoms. The number of Topliss-reactive ketones (excluding diaryl/α,β-unsaturated/α-hetero) is 1. The number of carbonyl (C=O) groups excluding carboxylic acids is 1. The fourth-order valence-corrected chi connectivity index (χ4v) is 3.03. The van der Waals surface area contributed by atoms with Crippen LogP contribution in [0.5, 0.6) is 0 Å². The zero-order valence-electron chi connectivity index (χ0n) is 15.7. The van der Waals surface area contributed by atoms with Crippen molar-refractivity contribution in [3.8, 4) is 0 Å². The van der Waals surface area contributed by atoms with E-state index >= 15 is 0 Å². The molecule has 1 aliphatic rings. The summed E-state index contributed by atoms with van der Waals surface area (Å²) < 4.78 is 1.76. The Kier molecular flexibility index (Phi) is 5.62. The third-order valence-electron chi connectivity index (χ3n) is 4.24. The van der Waals surface area contributed by atoms with Crippen LogP contribution in [0.25, 0.3) is 5.52 Å². The quantitative estimate of drug-likeness (QED) is 0.588. The molecular weight excluding hydrogens is 364 g/mol. The van der Waals surface area contributed by atoms with Crippen LogP contribution in [0.2, 0.25) is 0 Å². The van der Waals surface area contributed by atoms with E-state index in [1.165, 1.54) is 0 Å². The second-order valence-corrected chi connectivity index (χ2v) is 7.07. The Hall–Kier alpha value is -2.64. The molecule has 0 amide bonds. The van der Waals surface area contributed by atoms with Crippen LogP contribution in [0, 0.1) is 0 Å². The number of aliphatic imine (C=N–C) groups is 1. The Balaban J connectivity index is 2.00. The number of rotatable bonds is 6. The highest BCUT2D eigenvalue weighted by Gasteiger charge is 2.23. The molecule has 2 aromatic rings. The highest BCUT2D eigenvalue weighted by Crippen LogP contribution is 2.31. The van der Waals surface area contributed by atoms with Crippen molar-refractivity contribution in [2.24, 2.45) is 10.7 Å². The van der Waals surface area contributed by atoms with Crippen molar-refractivity contribution in [2.75, 3.05) is 32.5 Å². The molecule has 0 aromatic carbocycles. The number of hydrogen-bond acceptors (Lipinski definition) is 6. The molecule has 2 heterocycles. The van der Waals surface area contributed by atoms with Gasteiger partial charge in [-0.3, -0.25) is 4.79 Å². The molecule has 8 heteroatoms. The molecule has 0 aliphatic heterocycles. The monoisotopic (exact) mass is 386 g/mol. The first-order valence-corrected chi connectivity index (χ1v) is 9.09. The Morgan fingerprint density at radius 2 is 2.15 bits per heavy atom. The maximum atomic E-state index is 12.0. The molecule has 0 fully saturated rings. The molecule has 0 saturated carbocycles. The van der Waals surface area contributed by atoms with Crippen LogP contribution >= 0.6 is 11.6 Å². The van der Waals surface area contributed by atoms with Gasteiger partial charge in [0, 0.05) is 18.3 Å². The van der Waals surface area contributed by atoms with E-state index in [2.05, 4.69) is 15.3 Å². The Morgan fingerprint density at radius 1 is 1.37 bits per heavy atom. The van der Waals surface area contributed by atoms with Gasteiger partial charge in [-0.15, -0.1) is 5.10 Å². The number of pyridine rings is 1. The van der Waals surface area contributed by atoms with Gasteiger partial charge in [0.15, 0.2) is 5.82 Å². The zero-order chi connectivity index (χ0) is 19.6. The summed E-state index contributed by atoms with van der Waals surface area (Å²) in [7, 11) is 4.08. The largest absolute Gasteiger partial charge is 0.396 e. The molecular formula is C19H23ClN6O. The van der Waals surface area contributed by atoms with Crippen molar-refractivity contribution in [1.82, 2.24) is 14.5 Å². The van der Waals surface area contributed by atoms with Crippen molar-refractivity contribution in [3.05, 3.63) is 46.8 Å². The Bertz CT molecular complexity index is 970. The zero-order valence-corrected chi connectivity index (χ0v) is 16.4. The minimum absolute atomic E-state index is 0.00529. The van der Waals surface area contributed by atoms with Crippen molar-refractivity contribution in [2.45, 2.75) is 13.3 Å². The SMILES string of the molecule is CC1=C/C(=N\c2c(NCCCN(C)C)nn3ccccc23)C(N)=C(Cl)C1=O. The fraction of sp³-hybridized carbons (Fsp3) is 0.316. The van der Waals surface area contributed by atoms with E-state index in [0.717, 1.165) is 25.0 Å². The van der Waals surface area contributed by atoms with Gasteiger partial charge in [-0.05, 0) is 52.2 Å². The third kappa shape index (κ3) is 4.04. The van der Waals surface area contributed by atoms with Gasteiger partial charge in [0.25, 0.3) is 0 Å². The number of anilines is 1. The second-order valence-electron chi connectivity index (χ2n) is 6.69. The van der Waals surface area contributed by atoms with Gasteiger partial charge >= 0.3 is 0 Å². The van der Waals surface area contributed by atoms with Gasteiger partial charge in [0.1, 0.15) is 10.7 Å². The highest BCUT2D eigenvalue weighted by atomic mass is 35.5. The van der Waals surface area contributed by atoms with Crippen LogP contribution < -0.4 is 11.1 Å². The van der Waals surface area contributed by atoms with E-state index in [1.807, 2.05) is 38.5 Å². The molecule has 27 heavy (non-hydrogen) atoms. The Labute approximate surface area is 163 Å². The first-order valence-electron chi connectivity index (χ1n) is 8.71. The van der Waals surface area contributed by atoms with Crippen LogP contribution in [-0.4, -0.2) is 53.2 Å².